The zero-order valence-electron chi connectivity index (χ0n) is 7.76. The van der Waals surface area contributed by atoms with Crippen LogP contribution in [-0.4, -0.2) is 6.29 Å². The summed E-state index contributed by atoms with van der Waals surface area (Å²) in [5, 5.41) is 0. The van der Waals surface area contributed by atoms with Crippen LogP contribution in [0.5, 0.6) is 0 Å². The number of carbonyl (C=O) groups excluding carboxylic acids is 1. The van der Waals surface area contributed by atoms with E-state index in [4.69, 9.17) is 4.42 Å². The van der Waals surface area contributed by atoms with E-state index < -0.39 is 0 Å². The van der Waals surface area contributed by atoms with Crippen molar-refractivity contribution in [3.05, 3.63) is 23.7 Å². The molecule has 0 aliphatic carbocycles. The molecule has 0 aliphatic heterocycles. The van der Waals surface area contributed by atoms with Crippen molar-refractivity contribution in [3.8, 4) is 0 Å². The Kier molecular flexibility index (Phi) is 2.36. The van der Waals surface area contributed by atoms with Crippen molar-refractivity contribution in [2.75, 3.05) is 0 Å². The van der Waals surface area contributed by atoms with Gasteiger partial charge in [-0.25, -0.2) is 0 Å². The van der Waals surface area contributed by atoms with Gasteiger partial charge in [0.05, 0.1) is 11.8 Å². The molecule has 0 aliphatic rings. The Morgan fingerprint density at radius 2 is 2.17 bits per heavy atom. The van der Waals surface area contributed by atoms with Gasteiger partial charge in [-0.3, -0.25) is 4.79 Å². The van der Waals surface area contributed by atoms with Crippen LogP contribution in [0.15, 0.2) is 16.7 Å². The topological polar surface area (TPSA) is 30.2 Å². The van der Waals surface area contributed by atoms with Crippen molar-refractivity contribution in [2.45, 2.75) is 27.2 Å². The molecule has 1 aromatic heterocycles. The second kappa shape index (κ2) is 3.13. The zero-order valence-corrected chi connectivity index (χ0v) is 7.76. The molecule has 0 spiro atoms. The van der Waals surface area contributed by atoms with Crippen LogP contribution in [0, 0.1) is 5.41 Å². The molecular formula is C10H14O2. The van der Waals surface area contributed by atoms with Crippen LogP contribution in [0.1, 0.15) is 36.9 Å². The van der Waals surface area contributed by atoms with E-state index in [9.17, 15) is 4.79 Å². The first-order valence-electron chi connectivity index (χ1n) is 4.04. The minimum atomic E-state index is 0.162. The smallest absolute Gasteiger partial charge is 0.153 e. The van der Waals surface area contributed by atoms with Crippen molar-refractivity contribution in [2.24, 2.45) is 5.41 Å². The monoisotopic (exact) mass is 166 g/mol. The molecule has 0 saturated heterocycles. The maximum absolute atomic E-state index is 10.5. The summed E-state index contributed by atoms with van der Waals surface area (Å²) in [6.07, 6.45) is 3.20. The number of aldehydes is 1. The number of hydrogen-bond acceptors (Lipinski definition) is 2. The number of rotatable bonds is 2. The largest absolute Gasteiger partial charge is 0.469 e. The Hall–Kier alpha value is -1.05. The molecule has 0 bridgehead atoms. The molecule has 0 aromatic carbocycles. The Morgan fingerprint density at radius 3 is 2.67 bits per heavy atom. The average Bonchev–Trinajstić information content (AvgIpc) is 2.31. The summed E-state index contributed by atoms with van der Waals surface area (Å²) in [4.78, 5) is 10.5. The molecule has 12 heavy (non-hydrogen) atoms. The molecule has 0 saturated carbocycles. The molecule has 0 atom stereocenters. The van der Waals surface area contributed by atoms with Gasteiger partial charge in [0, 0.05) is 6.42 Å². The second-order valence-electron chi connectivity index (χ2n) is 4.15. The fraction of sp³-hybridized carbons (Fsp3) is 0.500. The summed E-state index contributed by atoms with van der Waals surface area (Å²) >= 11 is 0. The Morgan fingerprint density at radius 1 is 1.50 bits per heavy atom. The van der Waals surface area contributed by atoms with Gasteiger partial charge < -0.3 is 4.42 Å². The highest BCUT2D eigenvalue weighted by molar-refractivity contribution is 5.75. The first kappa shape index (κ1) is 9.04. The normalized spacial score (nSPS) is 11.6. The van der Waals surface area contributed by atoms with Crippen molar-refractivity contribution in [1.29, 1.82) is 0 Å². The van der Waals surface area contributed by atoms with Gasteiger partial charge in [0.1, 0.15) is 5.76 Å². The predicted octanol–water partition coefficient (Wildman–Crippen LogP) is 2.68. The average molecular weight is 166 g/mol. The second-order valence-corrected chi connectivity index (χ2v) is 4.15. The third kappa shape index (κ3) is 2.22. The van der Waals surface area contributed by atoms with Gasteiger partial charge in [-0.05, 0) is 11.5 Å². The van der Waals surface area contributed by atoms with E-state index in [-0.39, 0.29) is 5.41 Å². The molecule has 66 valence electrons. The molecule has 1 heterocycles. The van der Waals surface area contributed by atoms with Crippen LogP contribution < -0.4 is 0 Å². The van der Waals surface area contributed by atoms with E-state index in [1.165, 1.54) is 0 Å². The Labute approximate surface area is 72.6 Å². The lowest BCUT2D eigenvalue weighted by atomic mass is 9.90. The zero-order chi connectivity index (χ0) is 9.19. The van der Waals surface area contributed by atoms with Crippen LogP contribution in [0.25, 0.3) is 0 Å². The highest BCUT2D eigenvalue weighted by atomic mass is 16.3. The standard InChI is InChI=1S/C10H14O2/c1-10(2,3)6-9-8(7-11)4-5-12-9/h4-5,7H,6H2,1-3H3. The predicted molar refractivity (Wildman–Crippen MR) is 47.3 cm³/mol. The maximum atomic E-state index is 10.5. The van der Waals surface area contributed by atoms with Gasteiger partial charge in [0.2, 0.25) is 0 Å². The summed E-state index contributed by atoms with van der Waals surface area (Å²) in [5.74, 6) is 0.789. The SMILES string of the molecule is CC(C)(C)Cc1occc1C=O. The van der Waals surface area contributed by atoms with Crippen molar-refractivity contribution < 1.29 is 9.21 Å². The van der Waals surface area contributed by atoms with Crippen molar-refractivity contribution >= 4 is 6.29 Å². The van der Waals surface area contributed by atoms with Gasteiger partial charge in [0.25, 0.3) is 0 Å². The van der Waals surface area contributed by atoms with E-state index >= 15 is 0 Å². The first-order valence-corrected chi connectivity index (χ1v) is 4.04. The van der Waals surface area contributed by atoms with Crippen LogP contribution in [-0.2, 0) is 6.42 Å². The van der Waals surface area contributed by atoms with E-state index in [0.29, 0.717) is 5.56 Å². The quantitative estimate of drug-likeness (QED) is 0.632. The molecule has 0 fully saturated rings. The number of carbonyl (C=O) groups is 1. The maximum Gasteiger partial charge on any atom is 0.153 e. The summed E-state index contributed by atoms with van der Waals surface area (Å²) in [6, 6.07) is 1.70. The van der Waals surface area contributed by atoms with Gasteiger partial charge in [-0.1, -0.05) is 20.8 Å². The van der Waals surface area contributed by atoms with Gasteiger partial charge >= 0.3 is 0 Å². The molecule has 2 heteroatoms. The van der Waals surface area contributed by atoms with E-state index in [1.807, 2.05) is 0 Å². The molecule has 1 aromatic rings. The molecule has 1 rings (SSSR count). The third-order valence-corrected chi connectivity index (χ3v) is 1.60. The summed E-state index contributed by atoms with van der Waals surface area (Å²) < 4.78 is 5.20. The summed E-state index contributed by atoms with van der Waals surface area (Å²) in [5.41, 5.74) is 0.834. The third-order valence-electron chi connectivity index (χ3n) is 1.60. The van der Waals surface area contributed by atoms with Gasteiger partial charge in [-0.2, -0.15) is 0 Å². The van der Waals surface area contributed by atoms with Crippen LogP contribution in [0.4, 0.5) is 0 Å². The van der Waals surface area contributed by atoms with E-state index in [1.54, 1.807) is 12.3 Å². The van der Waals surface area contributed by atoms with Crippen LogP contribution >= 0.6 is 0 Å². The number of hydrogen-bond donors (Lipinski definition) is 0. The fourth-order valence-electron chi connectivity index (χ4n) is 1.08. The van der Waals surface area contributed by atoms with Crippen LogP contribution in [0.2, 0.25) is 0 Å². The molecule has 0 unspecified atom stereocenters. The molecule has 0 N–H and O–H groups in total. The van der Waals surface area contributed by atoms with Crippen LogP contribution in [0.3, 0.4) is 0 Å². The fourth-order valence-corrected chi connectivity index (χ4v) is 1.08. The minimum Gasteiger partial charge on any atom is -0.469 e. The van der Waals surface area contributed by atoms with E-state index in [0.717, 1.165) is 18.5 Å². The Balaban J connectivity index is 2.81. The summed E-state index contributed by atoms with van der Waals surface area (Å²) in [6.45, 7) is 6.35. The van der Waals surface area contributed by atoms with E-state index in [2.05, 4.69) is 20.8 Å². The van der Waals surface area contributed by atoms with Gasteiger partial charge in [-0.15, -0.1) is 0 Å². The summed E-state index contributed by atoms with van der Waals surface area (Å²) in [7, 11) is 0. The molecule has 0 amide bonds. The van der Waals surface area contributed by atoms with Crippen molar-refractivity contribution in [3.63, 3.8) is 0 Å². The van der Waals surface area contributed by atoms with Gasteiger partial charge in [0.15, 0.2) is 6.29 Å². The Bertz CT molecular complexity index is 266. The highest BCUT2D eigenvalue weighted by Crippen LogP contribution is 2.22. The molecule has 0 radical (unpaired) electrons. The highest BCUT2D eigenvalue weighted by Gasteiger charge is 2.15. The van der Waals surface area contributed by atoms with Crippen molar-refractivity contribution in [1.82, 2.24) is 0 Å². The minimum absolute atomic E-state index is 0.162. The lowest BCUT2D eigenvalue weighted by Gasteiger charge is -2.16. The number of furan rings is 1. The lowest BCUT2D eigenvalue weighted by Crippen LogP contribution is -2.09. The lowest BCUT2D eigenvalue weighted by molar-refractivity contribution is 0.112. The first-order chi connectivity index (χ1) is 5.53. The molecule has 2 nitrogen and oxygen atoms in total. The molecular weight excluding hydrogens is 152 g/mol.